The van der Waals surface area contributed by atoms with Crippen molar-refractivity contribution in [1.82, 2.24) is 4.98 Å². The molecule has 0 fully saturated rings. The van der Waals surface area contributed by atoms with Gasteiger partial charge in [0.2, 0.25) is 0 Å². The molecule has 1 aromatic heterocycles. The molecular formula is C9H9ClN. The standard InChI is InChI=1S/C9H8N.ClH/c1-7-6-10-9-5-3-2-4-8(7)9;/h2-6,10H,1H2;1H. The molecule has 1 nitrogen and oxygen atoms in total. The number of halogens is 1. The topological polar surface area (TPSA) is 15.8 Å². The molecule has 0 saturated heterocycles. The van der Waals surface area contributed by atoms with Gasteiger partial charge in [0.1, 0.15) is 0 Å². The second-order valence-electron chi connectivity index (χ2n) is 2.36. The molecule has 11 heavy (non-hydrogen) atoms. The van der Waals surface area contributed by atoms with Gasteiger partial charge in [0.15, 0.2) is 0 Å². The van der Waals surface area contributed by atoms with Crippen molar-refractivity contribution in [3.63, 3.8) is 0 Å². The fraction of sp³-hybridized carbons (Fsp3) is 0. The van der Waals surface area contributed by atoms with Crippen LogP contribution in [0.5, 0.6) is 0 Å². The zero-order valence-corrected chi connectivity index (χ0v) is 6.82. The molecule has 2 heteroatoms. The van der Waals surface area contributed by atoms with Crippen LogP contribution in [0.15, 0.2) is 30.5 Å². The van der Waals surface area contributed by atoms with Crippen LogP contribution in [0.2, 0.25) is 0 Å². The molecular weight excluding hydrogens is 158 g/mol. The molecule has 0 aliphatic carbocycles. The minimum atomic E-state index is 0. The molecule has 2 aromatic rings. The van der Waals surface area contributed by atoms with Crippen molar-refractivity contribution in [2.24, 2.45) is 0 Å². The van der Waals surface area contributed by atoms with E-state index in [2.05, 4.69) is 18.0 Å². The zero-order valence-electron chi connectivity index (χ0n) is 6.00. The SMILES string of the molecule is Cl.[CH2]c1c[nH]c2ccccc12. The lowest BCUT2D eigenvalue weighted by Crippen LogP contribution is -1.64. The summed E-state index contributed by atoms with van der Waals surface area (Å²) in [6.07, 6.45) is 1.92. The number of H-pyrrole nitrogens is 1. The maximum Gasteiger partial charge on any atom is 0.0456 e. The molecule has 0 atom stereocenters. The fourth-order valence-corrected chi connectivity index (χ4v) is 1.13. The number of benzene rings is 1. The lowest BCUT2D eigenvalue weighted by Gasteiger charge is -1.86. The molecule has 0 amide bonds. The molecule has 1 aromatic carbocycles. The van der Waals surface area contributed by atoms with Crippen LogP contribution in [0.4, 0.5) is 0 Å². The van der Waals surface area contributed by atoms with Gasteiger partial charge < -0.3 is 4.98 Å². The number of rotatable bonds is 0. The minimum absolute atomic E-state index is 0. The van der Waals surface area contributed by atoms with Gasteiger partial charge in [-0.25, -0.2) is 0 Å². The summed E-state index contributed by atoms with van der Waals surface area (Å²) in [7, 11) is 0. The fourth-order valence-electron chi connectivity index (χ4n) is 1.13. The number of hydrogen-bond donors (Lipinski definition) is 1. The summed E-state index contributed by atoms with van der Waals surface area (Å²) in [5.41, 5.74) is 2.23. The lowest BCUT2D eigenvalue weighted by molar-refractivity contribution is 1.46. The highest BCUT2D eigenvalue weighted by atomic mass is 35.5. The Morgan fingerprint density at radius 3 is 2.64 bits per heavy atom. The van der Waals surface area contributed by atoms with Crippen molar-refractivity contribution in [3.05, 3.63) is 42.9 Å². The van der Waals surface area contributed by atoms with E-state index in [4.69, 9.17) is 0 Å². The molecule has 1 N–H and O–H groups in total. The highest BCUT2D eigenvalue weighted by molar-refractivity contribution is 5.85. The first-order valence-corrected chi connectivity index (χ1v) is 3.26. The van der Waals surface area contributed by atoms with Gasteiger partial charge in [-0.15, -0.1) is 12.4 Å². The molecule has 0 aliphatic rings. The van der Waals surface area contributed by atoms with E-state index < -0.39 is 0 Å². The Bertz CT molecular complexity index is 351. The van der Waals surface area contributed by atoms with E-state index in [-0.39, 0.29) is 12.4 Å². The molecule has 0 saturated carbocycles. The summed E-state index contributed by atoms with van der Waals surface area (Å²) in [5, 5.41) is 1.21. The van der Waals surface area contributed by atoms with Gasteiger partial charge in [0.05, 0.1) is 0 Å². The summed E-state index contributed by atoms with van der Waals surface area (Å²) >= 11 is 0. The molecule has 0 spiro atoms. The number of para-hydroxylation sites is 1. The summed E-state index contributed by atoms with van der Waals surface area (Å²) in [6, 6.07) is 8.14. The maximum absolute atomic E-state index is 3.88. The van der Waals surface area contributed by atoms with Crippen molar-refractivity contribution in [1.29, 1.82) is 0 Å². The van der Waals surface area contributed by atoms with Crippen LogP contribution < -0.4 is 0 Å². The Kier molecular flexibility index (Phi) is 2.20. The van der Waals surface area contributed by atoms with Crippen LogP contribution in [-0.4, -0.2) is 4.98 Å². The number of nitrogens with one attached hydrogen (secondary N) is 1. The third kappa shape index (κ3) is 1.24. The van der Waals surface area contributed by atoms with Gasteiger partial charge in [-0.05, 0) is 18.6 Å². The monoisotopic (exact) mass is 166 g/mol. The molecule has 57 valence electrons. The van der Waals surface area contributed by atoms with Crippen molar-refractivity contribution in [2.45, 2.75) is 0 Å². The molecule has 0 unspecified atom stereocenters. The normalized spacial score (nSPS) is 9.55. The third-order valence-corrected chi connectivity index (χ3v) is 1.67. The Balaban J connectivity index is 0.000000605. The zero-order chi connectivity index (χ0) is 6.97. The summed E-state index contributed by atoms with van der Waals surface area (Å²) in [6.45, 7) is 3.88. The molecule has 2 rings (SSSR count). The molecule has 0 aliphatic heterocycles. The van der Waals surface area contributed by atoms with Crippen LogP contribution in [0.1, 0.15) is 5.56 Å². The minimum Gasteiger partial charge on any atom is -0.361 e. The van der Waals surface area contributed by atoms with Crippen LogP contribution in [-0.2, 0) is 0 Å². The van der Waals surface area contributed by atoms with Gasteiger partial charge in [-0.2, -0.15) is 0 Å². The van der Waals surface area contributed by atoms with Crippen molar-refractivity contribution >= 4 is 23.3 Å². The van der Waals surface area contributed by atoms with Crippen molar-refractivity contribution < 1.29 is 0 Å². The van der Waals surface area contributed by atoms with E-state index in [1.54, 1.807) is 0 Å². The lowest BCUT2D eigenvalue weighted by atomic mass is 10.2. The van der Waals surface area contributed by atoms with Gasteiger partial charge >= 0.3 is 0 Å². The maximum atomic E-state index is 3.88. The smallest absolute Gasteiger partial charge is 0.0456 e. The van der Waals surface area contributed by atoms with Crippen LogP contribution in [0, 0.1) is 6.92 Å². The quantitative estimate of drug-likeness (QED) is 0.620. The van der Waals surface area contributed by atoms with Gasteiger partial charge in [0.25, 0.3) is 0 Å². The van der Waals surface area contributed by atoms with E-state index in [0.29, 0.717) is 0 Å². The summed E-state index contributed by atoms with van der Waals surface area (Å²) in [4.78, 5) is 3.13. The first-order chi connectivity index (χ1) is 4.88. The van der Waals surface area contributed by atoms with Gasteiger partial charge in [0, 0.05) is 17.1 Å². The second-order valence-corrected chi connectivity index (χ2v) is 2.36. The second kappa shape index (κ2) is 2.97. The Hall–Kier alpha value is -0.950. The predicted octanol–water partition coefficient (Wildman–Crippen LogP) is 2.77. The van der Waals surface area contributed by atoms with E-state index in [0.717, 1.165) is 11.1 Å². The van der Waals surface area contributed by atoms with Crippen molar-refractivity contribution in [2.75, 3.05) is 0 Å². The summed E-state index contributed by atoms with van der Waals surface area (Å²) in [5.74, 6) is 0. The Morgan fingerprint density at radius 2 is 1.91 bits per heavy atom. The van der Waals surface area contributed by atoms with Crippen LogP contribution in [0.3, 0.4) is 0 Å². The highest BCUT2D eigenvalue weighted by Gasteiger charge is 1.94. The van der Waals surface area contributed by atoms with E-state index in [1.807, 2.05) is 24.4 Å². The average Bonchev–Trinajstić information content (AvgIpc) is 2.34. The summed E-state index contributed by atoms with van der Waals surface area (Å²) < 4.78 is 0. The number of aromatic nitrogens is 1. The van der Waals surface area contributed by atoms with Gasteiger partial charge in [-0.1, -0.05) is 18.2 Å². The number of hydrogen-bond acceptors (Lipinski definition) is 0. The molecule has 0 bridgehead atoms. The van der Waals surface area contributed by atoms with Crippen LogP contribution in [0.25, 0.3) is 10.9 Å². The van der Waals surface area contributed by atoms with E-state index in [1.165, 1.54) is 5.39 Å². The first-order valence-electron chi connectivity index (χ1n) is 3.26. The first kappa shape index (κ1) is 8.15. The highest BCUT2D eigenvalue weighted by Crippen LogP contribution is 2.15. The largest absolute Gasteiger partial charge is 0.361 e. The third-order valence-electron chi connectivity index (χ3n) is 1.67. The van der Waals surface area contributed by atoms with Crippen molar-refractivity contribution in [3.8, 4) is 0 Å². The molecule has 1 radical (unpaired) electrons. The Morgan fingerprint density at radius 1 is 1.18 bits per heavy atom. The number of aromatic amines is 1. The Labute approximate surface area is 71.8 Å². The van der Waals surface area contributed by atoms with E-state index >= 15 is 0 Å². The number of fused-ring (bicyclic) bond motifs is 1. The van der Waals surface area contributed by atoms with E-state index in [9.17, 15) is 0 Å². The van der Waals surface area contributed by atoms with Crippen LogP contribution >= 0.6 is 12.4 Å². The molecule has 1 heterocycles. The average molecular weight is 167 g/mol. The predicted molar refractivity (Wildman–Crippen MR) is 50.0 cm³/mol. The van der Waals surface area contributed by atoms with Gasteiger partial charge in [-0.3, -0.25) is 0 Å².